The van der Waals surface area contributed by atoms with Crippen molar-refractivity contribution in [1.29, 1.82) is 0 Å². The number of hydrazone groups is 1. The maximum atomic E-state index is 12.1. The second-order valence-corrected chi connectivity index (χ2v) is 7.48. The minimum Gasteiger partial charge on any atom is -0.494 e. The molecule has 0 aromatic heterocycles. The van der Waals surface area contributed by atoms with Crippen molar-refractivity contribution < 1.29 is 19.4 Å². The first kappa shape index (κ1) is 25.4. The summed E-state index contributed by atoms with van der Waals surface area (Å²) in [7, 11) is 0. The zero-order valence-electron chi connectivity index (χ0n) is 18.6. The summed E-state index contributed by atoms with van der Waals surface area (Å²) in [6.45, 7) is 2.87. The Morgan fingerprint density at radius 3 is 2.36 bits per heavy atom. The molecule has 0 radical (unpaired) electrons. The van der Waals surface area contributed by atoms with Gasteiger partial charge in [0.15, 0.2) is 0 Å². The molecule has 0 unspecified atom stereocenters. The lowest BCUT2D eigenvalue weighted by Gasteiger charge is -2.06. The summed E-state index contributed by atoms with van der Waals surface area (Å²) in [5.41, 5.74) is 2.20. The number of unbranched alkanes of at least 4 members (excludes halogenated alkanes) is 5. The van der Waals surface area contributed by atoms with Crippen LogP contribution in [-0.2, 0) is 11.2 Å². The van der Waals surface area contributed by atoms with Crippen molar-refractivity contribution in [3.05, 3.63) is 73.8 Å². The Labute approximate surface area is 191 Å². The molecule has 0 fully saturated rings. The first-order valence-corrected chi connectivity index (χ1v) is 10.9. The first-order chi connectivity index (χ1) is 15.9. The summed E-state index contributed by atoms with van der Waals surface area (Å²) in [4.78, 5) is 32.5. The highest BCUT2D eigenvalue weighted by molar-refractivity contribution is 5.84. The lowest BCUT2D eigenvalue weighted by molar-refractivity contribution is -0.394. The standard InChI is InChI=1S/C23H28N4O6/c1-2-3-4-5-6-7-14-33-21-12-8-18(9-13-21)17-24-25-23(28)15-19-10-11-20(26(29)30)16-22(19)27(31)32/h8-13,16-17H,2-7,14-15H2,1H3,(H,25,28). The molecule has 10 nitrogen and oxygen atoms in total. The Hall–Kier alpha value is -3.82. The Balaban J connectivity index is 1.80. The minimum atomic E-state index is -0.755. The second kappa shape index (κ2) is 13.6. The fourth-order valence-electron chi connectivity index (χ4n) is 3.10. The maximum absolute atomic E-state index is 12.1. The van der Waals surface area contributed by atoms with E-state index in [2.05, 4.69) is 17.5 Å². The molecule has 2 rings (SSSR count). The van der Waals surface area contributed by atoms with Gasteiger partial charge in [-0.2, -0.15) is 5.10 Å². The third-order valence-electron chi connectivity index (χ3n) is 4.88. The third kappa shape index (κ3) is 9.06. The molecule has 0 saturated heterocycles. The van der Waals surface area contributed by atoms with E-state index in [0.29, 0.717) is 6.61 Å². The number of carbonyl (C=O) groups excluding carboxylic acids is 1. The number of nitrogens with one attached hydrogen (secondary N) is 1. The van der Waals surface area contributed by atoms with Crippen molar-refractivity contribution in [3.8, 4) is 5.75 Å². The van der Waals surface area contributed by atoms with E-state index in [4.69, 9.17) is 4.74 Å². The highest BCUT2D eigenvalue weighted by Gasteiger charge is 2.20. The molecule has 2 aromatic carbocycles. The summed E-state index contributed by atoms with van der Waals surface area (Å²) in [6.07, 6.45) is 8.30. The molecule has 33 heavy (non-hydrogen) atoms. The zero-order chi connectivity index (χ0) is 24.1. The molecule has 0 bridgehead atoms. The van der Waals surface area contributed by atoms with E-state index >= 15 is 0 Å². The Bertz CT molecular complexity index is 975. The van der Waals surface area contributed by atoms with Gasteiger partial charge in [0.25, 0.3) is 11.4 Å². The fraction of sp³-hybridized carbons (Fsp3) is 0.391. The lowest BCUT2D eigenvalue weighted by atomic mass is 10.1. The SMILES string of the molecule is CCCCCCCCOc1ccc(C=NNC(=O)Cc2ccc([N+](=O)[O-])cc2[N+](=O)[O-])cc1. The Morgan fingerprint density at radius 2 is 1.70 bits per heavy atom. The molecule has 176 valence electrons. The summed E-state index contributed by atoms with van der Waals surface area (Å²) in [6, 6.07) is 10.4. The van der Waals surface area contributed by atoms with Crippen LogP contribution in [0.25, 0.3) is 0 Å². The molecule has 1 N–H and O–H groups in total. The van der Waals surface area contributed by atoms with Crippen LogP contribution in [0.15, 0.2) is 47.6 Å². The topological polar surface area (TPSA) is 137 Å². The lowest BCUT2D eigenvalue weighted by Crippen LogP contribution is -2.20. The zero-order valence-corrected chi connectivity index (χ0v) is 18.6. The van der Waals surface area contributed by atoms with E-state index in [-0.39, 0.29) is 12.0 Å². The number of nitro groups is 2. The van der Waals surface area contributed by atoms with Crippen LogP contribution in [0.4, 0.5) is 11.4 Å². The smallest absolute Gasteiger partial charge is 0.279 e. The Morgan fingerprint density at radius 1 is 1.00 bits per heavy atom. The molecule has 0 saturated carbocycles. The average molecular weight is 456 g/mol. The van der Waals surface area contributed by atoms with Crippen LogP contribution in [-0.4, -0.2) is 28.6 Å². The van der Waals surface area contributed by atoms with E-state index in [1.807, 2.05) is 12.1 Å². The van der Waals surface area contributed by atoms with Crippen molar-refractivity contribution in [1.82, 2.24) is 5.43 Å². The molecular formula is C23H28N4O6. The van der Waals surface area contributed by atoms with Gasteiger partial charge in [-0.25, -0.2) is 5.43 Å². The normalized spacial score (nSPS) is 10.8. The molecule has 10 heteroatoms. The number of nitrogens with zero attached hydrogens (tertiary/aromatic N) is 3. The fourth-order valence-corrected chi connectivity index (χ4v) is 3.10. The first-order valence-electron chi connectivity index (χ1n) is 10.9. The summed E-state index contributed by atoms with van der Waals surface area (Å²) in [5, 5.41) is 25.8. The third-order valence-corrected chi connectivity index (χ3v) is 4.88. The van der Waals surface area contributed by atoms with Gasteiger partial charge in [-0.1, -0.05) is 39.0 Å². The second-order valence-electron chi connectivity index (χ2n) is 7.48. The van der Waals surface area contributed by atoms with Gasteiger partial charge in [0.2, 0.25) is 5.91 Å². The van der Waals surface area contributed by atoms with Crippen LogP contribution < -0.4 is 10.2 Å². The molecule has 0 atom stereocenters. The number of rotatable bonds is 14. The van der Waals surface area contributed by atoms with E-state index in [0.717, 1.165) is 36.3 Å². The largest absolute Gasteiger partial charge is 0.494 e. The molecule has 1 amide bonds. The van der Waals surface area contributed by atoms with Gasteiger partial charge in [-0.15, -0.1) is 0 Å². The molecule has 0 aliphatic rings. The highest BCUT2D eigenvalue weighted by Crippen LogP contribution is 2.25. The van der Waals surface area contributed by atoms with Gasteiger partial charge in [0, 0.05) is 11.6 Å². The van der Waals surface area contributed by atoms with Gasteiger partial charge >= 0.3 is 0 Å². The van der Waals surface area contributed by atoms with Crippen LogP contribution >= 0.6 is 0 Å². The summed E-state index contributed by atoms with van der Waals surface area (Å²) in [5.74, 6) is 0.178. The highest BCUT2D eigenvalue weighted by atomic mass is 16.6. The van der Waals surface area contributed by atoms with E-state index in [1.165, 1.54) is 38.0 Å². The number of ether oxygens (including phenoxy) is 1. The van der Waals surface area contributed by atoms with E-state index in [9.17, 15) is 25.0 Å². The van der Waals surface area contributed by atoms with Crippen molar-refractivity contribution in [3.63, 3.8) is 0 Å². The van der Waals surface area contributed by atoms with Crippen LogP contribution in [0, 0.1) is 20.2 Å². The number of amides is 1. The molecule has 0 aliphatic heterocycles. The van der Waals surface area contributed by atoms with E-state index < -0.39 is 27.1 Å². The predicted octanol–water partition coefficient (Wildman–Crippen LogP) is 4.94. The molecule has 2 aromatic rings. The molecule has 0 heterocycles. The van der Waals surface area contributed by atoms with Crippen LogP contribution in [0.1, 0.15) is 56.6 Å². The van der Waals surface area contributed by atoms with Crippen LogP contribution in [0.5, 0.6) is 5.75 Å². The number of hydrogen-bond acceptors (Lipinski definition) is 7. The Kier molecular flexibility index (Phi) is 10.5. The van der Waals surface area contributed by atoms with Crippen molar-refractivity contribution in [2.24, 2.45) is 5.10 Å². The van der Waals surface area contributed by atoms with Crippen molar-refractivity contribution in [2.45, 2.75) is 51.9 Å². The maximum Gasteiger partial charge on any atom is 0.279 e. The summed E-state index contributed by atoms with van der Waals surface area (Å²) < 4.78 is 5.72. The van der Waals surface area contributed by atoms with Gasteiger partial charge in [-0.05, 0) is 42.3 Å². The number of nitro benzene ring substituents is 2. The van der Waals surface area contributed by atoms with Crippen LogP contribution in [0.3, 0.4) is 0 Å². The van der Waals surface area contributed by atoms with Crippen molar-refractivity contribution in [2.75, 3.05) is 6.61 Å². The van der Waals surface area contributed by atoms with Crippen molar-refractivity contribution >= 4 is 23.5 Å². The quantitative estimate of drug-likeness (QED) is 0.185. The number of hydrogen-bond donors (Lipinski definition) is 1. The van der Waals surface area contributed by atoms with Gasteiger partial charge in [0.05, 0.1) is 35.2 Å². The van der Waals surface area contributed by atoms with Crippen LogP contribution in [0.2, 0.25) is 0 Å². The molecule has 0 spiro atoms. The number of non-ortho nitro benzene ring substituents is 1. The minimum absolute atomic E-state index is 0.0603. The molecular weight excluding hydrogens is 428 g/mol. The number of carbonyl (C=O) groups is 1. The summed E-state index contributed by atoms with van der Waals surface area (Å²) >= 11 is 0. The van der Waals surface area contributed by atoms with E-state index in [1.54, 1.807) is 12.1 Å². The number of benzene rings is 2. The van der Waals surface area contributed by atoms with Gasteiger partial charge < -0.3 is 4.74 Å². The monoisotopic (exact) mass is 456 g/mol. The van der Waals surface area contributed by atoms with Gasteiger partial charge in [0.1, 0.15) is 5.75 Å². The molecule has 0 aliphatic carbocycles. The van der Waals surface area contributed by atoms with Gasteiger partial charge in [-0.3, -0.25) is 25.0 Å². The predicted molar refractivity (Wildman–Crippen MR) is 125 cm³/mol. The average Bonchev–Trinajstić information content (AvgIpc) is 2.79.